The first-order valence-electron chi connectivity index (χ1n) is 11.1. The summed E-state index contributed by atoms with van der Waals surface area (Å²) in [5, 5.41) is 8.48. The topological polar surface area (TPSA) is 156 Å². The molecular weight excluding hydrogens is 398 g/mol. The molecule has 0 radical (unpaired) electrons. The van der Waals surface area contributed by atoms with E-state index in [2.05, 4.69) is 16.0 Å². The van der Waals surface area contributed by atoms with Gasteiger partial charge >= 0.3 is 0 Å². The minimum atomic E-state index is -1.26. The van der Waals surface area contributed by atoms with E-state index < -0.39 is 28.6 Å². The lowest BCUT2D eigenvalue weighted by atomic mass is 9.91. The average Bonchev–Trinajstić information content (AvgIpc) is 2.70. The van der Waals surface area contributed by atoms with Gasteiger partial charge in [0.25, 0.3) is 0 Å². The smallest absolute Gasteiger partial charge is 0.245 e. The van der Waals surface area contributed by atoms with Crippen molar-refractivity contribution in [2.75, 3.05) is 13.1 Å². The van der Waals surface area contributed by atoms with Crippen LogP contribution < -0.4 is 27.4 Å². The van der Waals surface area contributed by atoms with Crippen LogP contribution in [0.15, 0.2) is 0 Å². The Kier molecular flexibility index (Phi) is 11.5. The van der Waals surface area contributed by atoms with Gasteiger partial charge in [-0.2, -0.15) is 0 Å². The number of hydrogen-bond donors (Lipinski definition) is 5. The molecule has 9 nitrogen and oxygen atoms in total. The lowest BCUT2D eigenvalue weighted by Gasteiger charge is -2.34. The van der Waals surface area contributed by atoms with Gasteiger partial charge in [-0.25, -0.2) is 0 Å². The zero-order chi connectivity index (χ0) is 24.5. The van der Waals surface area contributed by atoms with Crippen LogP contribution >= 0.6 is 0 Å². The Morgan fingerprint density at radius 2 is 1.55 bits per heavy atom. The third kappa shape index (κ3) is 9.04. The van der Waals surface area contributed by atoms with Crippen LogP contribution in [0.25, 0.3) is 0 Å². The van der Waals surface area contributed by atoms with Gasteiger partial charge in [0.15, 0.2) is 5.78 Å². The maximum absolute atomic E-state index is 13.0. The number of unbranched alkanes of at least 4 members (excludes halogenated alkanes) is 1. The minimum absolute atomic E-state index is 0.0668. The van der Waals surface area contributed by atoms with Gasteiger partial charge in [-0.05, 0) is 66.8 Å². The number of rotatable bonds is 15. The third-order valence-corrected chi connectivity index (χ3v) is 6.02. The quantitative estimate of drug-likeness (QED) is 0.232. The maximum Gasteiger partial charge on any atom is 0.245 e. The van der Waals surface area contributed by atoms with Crippen molar-refractivity contribution in [3.63, 3.8) is 0 Å². The van der Waals surface area contributed by atoms with Gasteiger partial charge in [0.05, 0.1) is 23.7 Å². The minimum Gasteiger partial charge on any atom is -0.347 e. The van der Waals surface area contributed by atoms with Crippen molar-refractivity contribution in [2.45, 2.75) is 103 Å². The van der Waals surface area contributed by atoms with Crippen molar-refractivity contribution >= 4 is 23.4 Å². The van der Waals surface area contributed by atoms with Gasteiger partial charge in [-0.3, -0.25) is 24.5 Å². The second-order valence-electron chi connectivity index (χ2n) is 9.21. The van der Waals surface area contributed by atoms with Gasteiger partial charge in [-0.15, -0.1) is 0 Å². The summed E-state index contributed by atoms with van der Waals surface area (Å²) >= 11 is 0. The summed E-state index contributed by atoms with van der Waals surface area (Å²) in [7, 11) is 0. The number of hydrogen-bond acceptors (Lipinski definition) is 7. The molecule has 0 aliphatic carbocycles. The monoisotopic (exact) mass is 441 g/mol. The average molecular weight is 442 g/mol. The molecule has 0 aliphatic rings. The van der Waals surface area contributed by atoms with Crippen LogP contribution in [0.3, 0.4) is 0 Å². The summed E-state index contributed by atoms with van der Waals surface area (Å²) < 4.78 is 0. The van der Waals surface area contributed by atoms with Crippen LogP contribution in [0, 0.1) is 0 Å². The summed E-state index contributed by atoms with van der Waals surface area (Å²) in [6, 6.07) is -0.665. The van der Waals surface area contributed by atoms with E-state index in [-0.39, 0.29) is 24.0 Å². The molecule has 0 rings (SSSR count). The van der Waals surface area contributed by atoms with Crippen LogP contribution in [-0.4, -0.2) is 59.1 Å². The largest absolute Gasteiger partial charge is 0.347 e. The number of carbonyl (C=O) groups excluding carboxylic acids is 4. The van der Waals surface area contributed by atoms with Crippen LogP contribution in [0.2, 0.25) is 0 Å². The Morgan fingerprint density at radius 3 is 2.00 bits per heavy atom. The lowest BCUT2D eigenvalue weighted by molar-refractivity contribution is -0.135. The standard InChI is InChI=1S/C22H43N5O4/c1-8-21(6,24)17(29)14-25-19(31)20(4,5)27-18(30)16(12-10-11-13-23)26-22(7,9-2)15(3)28/h16,26H,8-14,23-24H2,1-7H3,(H,25,31)(H,27,30). The zero-order valence-electron chi connectivity index (χ0n) is 20.3. The van der Waals surface area contributed by atoms with Crippen LogP contribution in [0.1, 0.15) is 80.6 Å². The van der Waals surface area contributed by atoms with Gasteiger partial charge < -0.3 is 22.1 Å². The number of carbonyl (C=O) groups is 4. The molecule has 0 fully saturated rings. The first-order valence-corrected chi connectivity index (χ1v) is 11.1. The summed E-state index contributed by atoms with van der Waals surface area (Å²) in [6.07, 6.45) is 2.89. The Hall–Kier alpha value is -1.84. The first-order chi connectivity index (χ1) is 14.2. The fraction of sp³-hybridized carbons (Fsp3) is 0.818. The van der Waals surface area contributed by atoms with E-state index in [1.54, 1.807) is 34.6 Å². The first kappa shape index (κ1) is 29.2. The van der Waals surface area contributed by atoms with Gasteiger partial charge in [-0.1, -0.05) is 20.3 Å². The van der Waals surface area contributed by atoms with E-state index in [1.165, 1.54) is 6.92 Å². The molecule has 0 aromatic rings. The van der Waals surface area contributed by atoms with Crippen LogP contribution in [0.5, 0.6) is 0 Å². The van der Waals surface area contributed by atoms with Crippen molar-refractivity contribution in [3.05, 3.63) is 0 Å². The van der Waals surface area contributed by atoms with E-state index in [0.29, 0.717) is 32.2 Å². The molecule has 0 bridgehead atoms. The van der Waals surface area contributed by atoms with Crippen LogP contribution in [0.4, 0.5) is 0 Å². The highest BCUT2D eigenvalue weighted by molar-refractivity contribution is 5.96. The SMILES string of the molecule is CCC(C)(N)C(=O)CNC(=O)C(C)(C)NC(=O)C(CCCCN)NC(C)(CC)C(C)=O. The van der Waals surface area contributed by atoms with Gasteiger partial charge in [0.2, 0.25) is 11.8 Å². The molecule has 0 heterocycles. The highest BCUT2D eigenvalue weighted by atomic mass is 16.2. The van der Waals surface area contributed by atoms with E-state index >= 15 is 0 Å². The molecule has 0 saturated carbocycles. The molecule has 2 amide bonds. The van der Waals surface area contributed by atoms with Crippen molar-refractivity contribution in [1.29, 1.82) is 0 Å². The number of Topliss-reactive ketones (excluding diaryl/α,β-unsaturated/α-hetero) is 2. The Bertz CT molecular complexity index is 648. The maximum atomic E-state index is 13.0. The molecule has 3 atom stereocenters. The molecule has 0 saturated heterocycles. The Morgan fingerprint density at radius 1 is 0.968 bits per heavy atom. The normalized spacial score (nSPS) is 16.5. The summed E-state index contributed by atoms with van der Waals surface area (Å²) in [6.45, 7) is 12.0. The second-order valence-corrected chi connectivity index (χ2v) is 9.21. The predicted octanol–water partition coefficient (Wildman–Crippen LogP) is 0.539. The predicted molar refractivity (Wildman–Crippen MR) is 122 cm³/mol. The zero-order valence-corrected chi connectivity index (χ0v) is 20.3. The molecule has 0 spiro atoms. The van der Waals surface area contributed by atoms with Crippen molar-refractivity contribution in [3.8, 4) is 0 Å². The summed E-state index contributed by atoms with van der Waals surface area (Å²) in [5.41, 5.74) is 8.35. The fourth-order valence-electron chi connectivity index (χ4n) is 2.83. The van der Waals surface area contributed by atoms with Crippen molar-refractivity contribution in [2.24, 2.45) is 11.5 Å². The Labute approximate surface area is 186 Å². The number of ketones is 2. The van der Waals surface area contributed by atoms with E-state index in [9.17, 15) is 19.2 Å². The second kappa shape index (κ2) is 12.3. The lowest BCUT2D eigenvalue weighted by Crippen LogP contribution is -2.62. The highest BCUT2D eigenvalue weighted by Gasteiger charge is 2.37. The van der Waals surface area contributed by atoms with Crippen molar-refractivity contribution in [1.82, 2.24) is 16.0 Å². The number of nitrogens with two attached hydrogens (primary N) is 2. The molecule has 0 aliphatic heterocycles. The van der Waals surface area contributed by atoms with E-state index in [4.69, 9.17) is 11.5 Å². The number of nitrogens with one attached hydrogen (secondary N) is 3. The molecule has 7 N–H and O–H groups in total. The molecule has 180 valence electrons. The third-order valence-electron chi connectivity index (χ3n) is 6.02. The summed E-state index contributed by atoms with van der Waals surface area (Å²) in [4.78, 5) is 50.0. The fourth-order valence-corrected chi connectivity index (χ4v) is 2.83. The number of amides is 2. The van der Waals surface area contributed by atoms with Crippen LogP contribution in [-0.2, 0) is 19.2 Å². The highest BCUT2D eigenvalue weighted by Crippen LogP contribution is 2.15. The van der Waals surface area contributed by atoms with Gasteiger partial charge in [0.1, 0.15) is 11.3 Å². The van der Waals surface area contributed by atoms with E-state index in [1.807, 2.05) is 6.92 Å². The molecule has 3 unspecified atom stereocenters. The Balaban J connectivity index is 5.28. The molecule has 0 aromatic heterocycles. The van der Waals surface area contributed by atoms with E-state index in [0.717, 1.165) is 6.42 Å². The van der Waals surface area contributed by atoms with Gasteiger partial charge in [0, 0.05) is 0 Å². The molecule has 0 aromatic carbocycles. The molecule has 9 heteroatoms. The molecule has 31 heavy (non-hydrogen) atoms. The van der Waals surface area contributed by atoms with Crippen molar-refractivity contribution < 1.29 is 19.2 Å². The molecular formula is C22H43N5O4. The summed E-state index contributed by atoms with van der Waals surface area (Å²) in [5.74, 6) is -1.23.